The summed E-state index contributed by atoms with van der Waals surface area (Å²) in [6, 6.07) is 12.2. The molecule has 0 aliphatic carbocycles. The molecule has 0 saturated heterocycles. The Morgan fingerprint density at radius 3 is 2.55 bits per heavy atom. The van der Waals surface area contributed by atoms with E-state index in [1.54, 1.807) is 11.3 Å². The number of aryl methyl sites for hydroxylation is 1. The molecule has 2 rings (SSSR count). The van der Waals surface area contributed by atoms with E-state index in [1.165, 1.54) is 4.88 Å². The molecule has 1 heterocycles. The second-order valence-electron chi connectivity index (χ2n) is 4.73. The van der Waals surface area contributed by atoms with E-state index >= 15 is 0 Å². The van der Waals surface area contributed by atoms with Crippen molar-refractivity contribution in [1.29, 1.82) is 0 Å². The van der Waals surface area contributed by atoms with Gasteiger partial charge in [-0.05, 0) is 35.4 Å². The van der Waals surface area contributed by atoms with Gasteiger partial charge in [0, 0.05) is 24.4 Å². The van der Waals surface area contributed by atoms with Crippen LogP contribution in [-0.2, 0) is 24.3 Å². The van der Waals surface area contributed by atoms with Gasteiger partial charge in [-0.2, -0.15) is 0 Å². The molecule has 0 bridgehead atoms. The summed E-state index contributed by atoms with van der Waals surface area (Å²) < 4.78 is 0. The smallest absolute Gasteiger partial charge is 0.220 e. The standard InChI is InChI=1S/C16H20N2OS/c17-11-13-6-8-14(9-7-13)12-18-16(19)5-1-3-15-4-2-10-20-15/h2,4,6-10H,1,3,5,11-12,17H2,(H,18,19). The van der Waals surface area contributed by atoms with Gasteiger partial charge in [-0.15, -0.1) is 11.3 Å². The minimum atomic E-state index is 0.115. The van der Waals surface area contributed by atoms with E-state index in [0.29, 0.717) is 19.5 Å². The van der Waals surface area contributed by atoms with Crippen molar-refractivity contribution in [3.05, 3.63) is 57.8 Å². The van der Waals surface area contributed by atoms with Crippen LogP contribution in [0.5, 0.6) is 0 Å². The molecule has 0 spiro atoms. The van der Waals surface area contributed by atoms with E-state index in [1.807, 2.05) is 30.3 Å². The molecule has 20 heavy (non-hydrogen) atoms. The van der Waals surface area contributed by atoms with E-state index < -0.39 is 0 Å². The minimum absolute atomic E-state index is 0.115. The van der Waals surface area contributed by atoms with Crippen LogP contribution in [0.3, 0.4) is 0 Å². The first-order valence-corrected chi connectivity index (χ1v) is 7.73. The summed E-state index contributed by atoms with van der Waals surface area (Å²) in [7, 11) is 0. The SMILES string of the molecule is NCc1ccc(CNC(=O)CCCc2cccs2)cc1. The third kappa shape index (κ3) is 4.79. The van der Waals surface area contributed by atoms with Crippen molar-refractivity contribution >= 4 is 17.2 Å². The maximum Gasteiger partial charge on any atom is 0.220 e. The summed E-state index contributed by atoms with van der Waals surface area (Å²) in [5, 5.41) is 5.02. The number of hydrogen-bond donors (Lipinski definition) is 2. The van der Waals surface area contributed by atoms with Gasteiger partial charge < -0.3 is 11.1 Å². The Kier molecular flexibility index (Phi) is 5.77. The van der Waals surface area contributed by atoms with Gasteiger partial charge >= 0.3 is 0 Å². The van der Waals surface area contributed by atoms with Crippen LogP contribution in [0.2, 0.25) is 0 Å². The molecule has 0 fully saturated rings. The fourth-order valence-corrected chi connectivity index (χ4v) is 2.71. The summed E-state index contributed by atoms with van der Waals surface area (Å²) >= 11 is 1.75. The number of rotatable bonds is 7. The Balaban J connectivity index is 1.66. The monoisotopic (exact) mass is 288 g/mol. The number of carbonyl (C=O) groups excluding carboxylic acids is 1. The number of hydrogen-bond acceptors (Lipinski definition) is 3. The zero-order valence-corrected chi connectivity index (χ0v) is 12.3. The van der Waals surface area contributed by atoms with Gasteiger partial charge in [0.05, 0.1) is 0 Å². The Morgan fingerprint density at radius 2 is 1.90 bits per heavy atom. The highest BCUT2D eigenvalue weighted by Gasteiger charge is 2.02. The molecule has 1 aromatic heterocycles. The van der Waals surface area contributed by atoms with Gasteiger partial charge in [0.25, 0.3) is 0 Å². The van der Waals surface area contributed by atoms with Crippen molar-refractivity contribution in [3.63, 3.8) is 0 Å². The lowest BCUT2D eigenvalue weighted by molar-refractivity contribution is -0.121. The van der Waals surface area contributed by atoms with E-state index in [4.69, 9.17) is 5.73 Å². The lowest BCUT2D eigenvalue weighted by Gasteiger charge is -2.06. The Morgan fingerprint density at radius 1 is 1.15 bits per heavy atom. The third-order valence-electron chi connectivity index (χ3n) is 3.16. The highest BCUT2D eigenvalue weighted by molar-refractivity contribution is 7.09. The minimum Gasteiger partial charge on any atom is -0.352 e. The second kappa shape index (κ2) is 7.82. The topological polar surface area (TPSA) is 55.1 Å². The lowest BCUT2D eigenvalue weighted by atomic mass is 10.1. The van der Waals surface area contributed by atoms with Crippen molar-refractivity contribution in [2.24, 2.45) is 5.73 Å². The van der Waals surface area contributed by atoms with E-state index in [2.05, 4.69) is 16.8 Å². The fraction of sp³-hybridized carbons (Fsp3) is 0.312. The summed E-state index contributed by atoms with van der Waals surface area (Å²) in [6.07, 6.45) is 2.47. The van der Waals surface area contributed by atoms with Gasteiger partial charge in [0.1, 0.15) is 0 Å². The number of nitrogens with two attached hydrogens (primary N) is 1. The first kappa shape index (κ1) is 14.8. The van der Waals surface area contributed by atoms with E-state index in [0.717, 1.165) is 24.0 Å². The van der Waals surface area contributed by atoms with E-state index in [9.17, 15) is 4.79 Å². The zero-order chi connectivity index (χ0) is 14.2. The average Bonchev–Trinajstić information content (AvgIpc) is 2.99. The Bertz CT molecular complexity index is 520. The van der Waals surface area contributed by atoms with Crippen LogP contribution in [0.4, 0.5) is 0 Å². The summed E-state index contributed by atoms with van der Waals surface area (Å²) in [5.74, 6) is 0.115. The van der Waals surface area contributed by atoms with Crippen molar-refractivity contribution < 1.29 is 4.79 Å². The Hall–Kier alpha value is -1.65. The van der Waals surface area contributed by atoms with Gasteiger partial charge in [-0.1, -0.05) is 30.3 Å². The van der Waals surface area contributed by atoms with Crippen LogP contribution < -0.4 is 11.1 Å². The summed E-state index contributed by atoms with van der Waals surface area (Å²) in [5.41, 5.74) is 7.76. The van der Waals surface area contributed by atoms with Crippen LogP contribution in [-0.4, -0.2) is 5.91 Å². The Labute approximate surface area is 123 Å². The molecule has 0 atom stereocenters. The zero-order valence-electron chi connectivity index (χ0n) is 11.5. The highest BCUT2D eigenvalue weighted by atomic mass is 32.1. The first-order valence-electron chi connectivity index (χ1n) is 6.85. The molecule has 3 nitrogen and oxygen atoms in total. The van der Waals surface area contributed by atoms with Crippen molar-refractivity contribution in [2.75, 3.05) is 0 Å². The predicted molar refractivity (Wildman–Crippen MR) is 83.4 cm³/mol. The van der Waals surface area contributed by atoms with E-state index in [-0.39, 0.29) is 5.91 Å². The molecule has 0 radical (unpaired) electrons. The average molecular weight is 288 g/mol. The van der Waals surface area contributed by atoms with Crippen LogP contribution in [0.25, 0.3) is 0 Å². The molecule has 1 amide bonds. The van der Waals surface area contributed by atoms with Crippen molar-refractivity contribution in [2.45, 2.75) is 32.4 Å². The molecule has 0 aliphatic heterocycles. The quantitative estimate of drug-likeness (QED) is 0.823. The maximum absolute atomic E-state index is 11.7. The number of benzene rings is 1. The predicted octanol–water partition coefficient (Wildman–Crippen LogP) is 2.85. The van der Waals surface area contributed by atoms with Crippen LogP contribution >= 0.6 is 11.3 Å². The normalized spacial score (nSPS) is 10.4. The molecule has 106 valence electrons. The fourth-order valence-electron chi connectivity index (χ4n) is 1.96. The molecule has 1 aromatic carbocycles. The van der Waals surface area contributed by atoms with Crippen LogP contribution in [0.15, 0.2) is 41.8 Å². The first-order chi connectivity index (χ1) is 9.78. The van der Waals surface area contributed by atoms with Gasteiger partial charge in [0.15, 0.2) is 0 Å². The lowest BCUT2D eigenvalue weighted by Crippen LogP contribution is -2.22. The third-order valence-corrected chi connectivity index (χ3v) is 4.09. The molecular formula is C16H20N2OS. The molecule has 4 heteroatoms. The van der Waals surface area contributed by atoms with Gasteiger partial charge in [0.2, 0.25) is 5.91 Å². The van der Waals surface area contributed by atoms with Crippen LogP contribution in [0.1, 0.15) is 28.8 Å². The number of thiophene rings is 1. The van der Waals surface area contributed by atoms with Crippen molar-refractivity contribution in [1.82, 2.24) is 5.32 Å². The number of nitrogens with one attached hydrogen (secondary N) is 1. The number of amides is 1. The number of carbonyl (C=O) groups is 1. The molecule has 3 N–H and O–H groups in total. The molecule has 0 unspecified atom stereocenters. The van der Waals surface area contributed by atoms with Crippen LogP contribution in [0, 0.1) is 0 Å². The molecular weight excluding hydrogens is 268 g/mol. The largest absolute Gasteiger partial charge is 0.352 e. The summed E-state index contributed by atoms with van der Waals surface area (Å²) in [4.78, 5) is 13.1. The van der Waals surface area contributed by atoms with Crippen molar-refractivity contribution in [3.8, 4) is 0 Å². The summed E-state index contributed by atoms with van der Waals surface area (Å²) in [6.45, 7) is 1.14. The molecule has 0 saturated carbocycles. The molecule has 0 aliphatic rings. The second-order valence-corrected chi connectivity index (χ2v) is 5.76. The molecule has 2 aromatic rings. The highest BCUT2D eigenvalue weighted by Crippen LogP contribution is 2.11. The van der Waals surface area contributed by atoms with Gasteiger partial charge in [-0.25, -0.2) is 0 Å². The maximum atomic E-state index is 11.7. The van der Waals surface area contributed by atoms with Gasteiger partial charge in [-0.3, -0.25) is 4.79 Å².